The fourth-order valence-electron chi connectivity index (χ4n) is 2.64. The van der Waals surface area contributed by atoms with E-state index < -0.39 is 0 Å². The summed E-state index contributed by atoms with van der Waals surface area (Å²) in [5.41, 5.74) is 4.12. The molecule has 0 fully saturated rings. The van der Waals surface area contributed by atoms with Gasteiger partial charge in [0.05, 0.1) is 11.5 Å². The number of aryl methyl sites for hydroxylation is 1. The first-order valence-corrected chi connectivity index (χ1v) is 11.3. The van der Waals surface area contributed by atoms with Crippen molar-refractivity contribution in [2.75, 3.05) is 11.1 Å². The van der Waals surface area contributed by atoms with Gasteiger partial charge < -0.3 is 9.88 Å². The summed E-state index contributed by atoms with van der Waals surface area (Å²) in [6.07, 6.45) is 0. The van der Waals surface area contributed by atoms with E-state index >= 15 is 0 Å². The zero-order valence-electron chi connectivity index (χ0n) is 16.6. The highest BCUT2D eigenvalue weighted by atomic mass is 32.2. The summed E-state index contributed by atoms with van der Waals surface area (Å²) in [5, 5.41) is 12.1. The van der Waals surface area contributed by atoms with Gasteiger partial charge in [-0.3, -0.25) is 4.79 Å². The van der Waals surface area contributed by atoms with Gasteiger partial charge >= 0.3 is 0 Å². The molecule has 1 aromatic heterocycles. The molecule has 0 saturated heterocycles. The van der Waals surface area contributed by atoms with Gasteiger partial charge in [-0.05, 0) is 48.7 Å². The van der Waals surface area contributed by atoms with Crippen LogP contribution in [0.25, 0.3) is 0 Å². The summed E-state index contributed by atoms with van der Waals surface area (Å²) in [6, 6.07) is 12.4. The van der Waals surface area contributed by atoms with Crippen LogP contribution in [0.3, 0.4) is 0 Å². The van der Waals surface area contributed by atoms with E-state index in [0.29, 0.717) is 10.9 Å². The fourth-order valence-corrected chi connectivity index (χ4v) is 4.33. The Hall–Kier alpha value is -2.32. The van der Waals surface area contributed by atoms with Crippen LogP contribution in [0.2, 0.25) is 0 Å². The van der Waals surface area contributed by atoms with Gasteiger partial charge in [0.2, 0.25) is 5.91 Å². The Morgan fingerprint density at radius 1 is 1.10 bits per heavy atom. The van der Waals surface area contributed by atoms with Crippen molar-refractivity contribution in [1.29, 1.82) is 0 Å². The van der Waals surface area contributed by atoms with Crippen LogP contribution in [0.5, 0.6) is 0 Å². The average molecular weight is 431 g/mol. The molecule has 3 rings (SSSR count). The minimum Gasteiger partial charge on any atom is -0.325 e. The van der Waals surface area contributed by atoms with Crippen molar-refractivity contribution < 1.29 is 9.18 Å². The lowest BCUT2D eigenvalue weighted by atomic mass is 10.1. The van der Waals surface area contributed by atoms with E-state index in [-0.39, 0.29) is 17.5 Å². The molecule has 0 aliphatic rings. The van der Waals surface area contributed by atoms with Crippen molar-refractivity contribution in [2.24, 2.45) is 7.05 Å². The van der Waals surface area contributed by atoms with Crippen LogP contribution in [0, 0.1) is 19.7 Å². The van der Waals surface area contributed by atoms with Crippen molar-refractivity contribution in [3.8, 4) is 0 Å². The largest absolute Gasteiger partial charge is 0.325 e. The molecule has 0 atom stereocenters. The zero-order valence-corrected chi connectivity index (χ0v) is 18.2. The number of rotatable bonds is 8. The second-order valence-electron chi connectivity index (χ2n) is 6.66. The van der Waals surface area contributed by atoms with Crippen LogP contribution in [0.15, 0.2) is 47.6 Å². The Morgan fingerprint density at radius 3 is 2.62 bits per heavy atom. The van der Waals surface area contributed by atoms with E-state index in [0.717, 1.165) is 34.0 Å². The van der Waals surface area contributed by atoms with Crippen LogP contribution in [-0.4, -0.2) is 26.4 Å². The highest BCUT2D eigenvalue weighted by molar-refractivity contribution is 7.99. The van der Waals surface area contributed by atoms with E-state index in [1.807, 2.05) is 43.7 Å². The van der Waals surface area contributed by atoms with E-state index in [2.05, 4.69) is 15.5 Å². The molecule has 0 unspecified atom stereocenters. The molecule has 0 saturated carbocycles. The molecule has 29 heavy (non-hydrogen) atoms. The highest BCUT2D eigenvalue weighted by Gasteiger charge is 2.12. The smallest absolute Gasteiger partial charge is 0.234 e. The number of amides is 1. The second kappa shape index (κ2) is 9.93. The Kier molecular flexibility index (Phi) is 7.33. The molecule has 2 aromatic carbocycles. The minimum absolute atomic E-state index is 0.0704. The van der Waals surface area contributed by atoms with Gasteiger partial charge in [0.1, 0.15) is 11.6 Å². The molecule has 0 bridgehead atoms. The first kappa shape index (κ1) is 21.4. The monoisotopic (exact) mass is 430 g/mol. The Labute approximate surface area is 178 Å². The fraction of sp³-hybridized carbons (Fsp3) is 0.286. The van der Waals surface area contributed by atoms with E-state index in [9.17, 15) is 9.18 Å². The predicted octanol–water partition coefficient (Wildman–Crippen LogP) is 4.74. The topological polar surface area (TPSA) is 59.8 Å². The van der Waals surface area contributed by atoms with Crippen LogP contribution in [0.1, 0.15) is 22.5 Å². The van der Waals surface area contributed by atoms with Crippen LogP contribution >= 0.6 is 23.5 Å². The first-order chi connectivity index (χ1) is 13.9. The van der Waals surface area contributed by atoms with Gasteiger partial charge in [-0.1, -0.05) is 36.0 Å². The molecule has 1 amide bonds. The lowest BCUT2D eigenvalue weighted by Gasteiger charge is -2.10. The maximum Gasteiger partial charge on any atom is 0.234 e. The standard InChI is InChI=1S/C21H23FN4OS2/c1-14-5-4-6-18(15(14)2)23-20(27)13-29-21-25-24-19(26(21)3)12-28-11-16-7-9-17(22)10-8-16/h4-10H,11-13H2,1-3H3,(H,23,27). The van der Waals surface area contributed by atoms with Gasteiger partial charge in [-0.15, -0.1) is 22.0 Å². The zero-order chi connectivity index (χ0) is 20.8. The maximum absolute atomic E-state index is 13.0. The number of benzene rings is 2. The molecule has 1 N–H and O–H groups in total. The van der Waals surface area contributed by atoms with Crippen LogP contribution < -0.4 is 5.32 Å². The first-order valence-electron chi connectivity index (χ1n) is 9.13. The molecule has 0 aliphatic heterocycles. The third-order valence-corrected chi connectivity index (χ3v) is 6.57. The van der Waals surface area contributed by atoms with Crippen molar-refractivity contribution in [3.05, 3.63) is 70.8 Å². The van der Waals surface area contributed by atoms with Crippen molar-refractivity contribution in [3.63, 3.8) is 0 Å². The van der Waals surface area contributed by atoms with Gasteiger partial charge in [0.25, 0.3) is 0 Å². The number of carbonyl (C=O) groups excluding carboxylic acids is 1. The number of carbonyl (C=O) groups is 1. The number of hydrogen-bond donors (Lipinski definition) is 1. The number of thioether (sulfide) groups is 2. The molecule has 8 heteroatoms. The number of aromatic nitrogens is 3. The molecule has 0 aliphatic carbocycles. The number of hydrogen-bond acceptors (Lipinski definition) is 5. The second-order valence-corrected chi connectivity index (χ2v) is 8.59. The number of halogens is 1. The molecule has 1 heterocycles. The summed E-state index contributed by atoms with van der Waals surface area (Å²) in [5.74, 6) is 2.27. The van der Waals surface area contributed by atoms with Gasteiger partial charge in [-0.25, -0.2) is 4.39 Å². The lowest BCUT2D eigenvalue weighted by Crippen LogP contribution is -2.15. The summed E-state index contributed by atoms with van der Waals surface area (Å²) < 4.78 is 14.9. The molecule has 0 radical (unpaired) electrons. The van der Waals surface area contributed by atoms with Crippen molar-refractivity contribution in [1.82, 2.24) is 14.8 Å². The van der Waals surface area contributed by atoms with Crippen molar-refractivity contribution >= 4 is 35.1 Å². The average Bonchev–Trinajstić information content (AvgIpc) is 3.05. The molecular formula is C21H23FN4OS2. The van der Waals surface area contributed by atoms with E-state index in [1.54, 1.807) is 23.9 Å². The molecular weight excluding hydrogens is 407 g/mol. The van der Waals surface area contributed by atoms with E-state index in [4.69, 9.17) is 0 Å². The summed E-state index contributed by atoms with van der Waals surface area (Å²) in [7, 11) is 1.90. The molecule has 152 valence electrons. The lowest BCUT2D eigenvalue weighted by molar-refractivity contribution is -0.113. The van der Waals surface area contributed by atoms with Crippen LogP contribution in [0.4, 0.5) is 10.1 Å². The molecule has 5 nitrogen and oxygen atoms in total. The summed E-state index contributed by atoms with van der Waals surface area (Å²) in [6.45, 7) is 4.02. The summed E-state index contributed by atoms with van der Waals surface area (Å²) >= 11 is 3.05. The minimum atomic E-state index is -0.227. The van der Waals surface area contributed by atoms with Gasteiger partial charge in [-0.2, -0.15) is 0 Å². The Balaban J connectivity index is 1.49. The van der Waals surface area contributed by atoms with Crippen LogP contribution in [-0.2, 0) is 23.3 Å². The van der Waals surface area contributed by atoms with Gasteiger partial charge in [0.15, 0.2) is 5.16 Å². The SMILES string of the molecule is Cc1cccc(NC(=O)CSc2nnc(CSCc3ccc(F)cc3)n2C)c1C. The Bertz CT molecular complexity index is 989. The van der Waals surface area contributed by atoms with E-state index in [1.165, 1.54) is 23.9 Å². The number of nitrogens with one attached hydrogen (secondary N) is 1. The summed E-state index contributed by atoms with van der Waals surface area (Å²) in [4.78, 5) is 12.3. The number of anilines is 1. The molecule has 3 aromatic rings. The highest BCUT2D eigenvalue weighted by Crippen LogP contribution is 2.22. The predicted molar refractivity (Wildman–Crippen MR) is 118 cm³/mol. The normalized spacial score (nSPS) is 10.9. The van der Waals surface area contributed by atoms with Gasteiger partial charge in [0, 0.05) is 18.5 Å². The van der Waals surface area contributed by atoms with Crippen molar-refractivity contribution in [2.45, 2.75) is 30.5 Å². The third-order valence-electron chi connectivity index (χ3n) is 4.55. The number of nitrogens with zero attached hydrogens (tertiary/aromatic N) is 3. The maximum atomic E-state index is 13.0. The molecule has 0 spiro atoms. The third kappa shape index (κ3) is 5.83. The quantitative estimate of drug-likeness (QED) is 0.523. The Morgan fingerprint density at radius 2 is 1.86 bits per heavy atom.